The minimum absolute atomic E-state index is 0.858. The molecule has 1 aromatic heterocycles. The average Bonchev–Trinajstić information content (AvgIpc) is 3.36. The fourth-order valence-electron chi connectivity index (χ4n) is 7.85. The van der Waals surface area contributed by atoms with E-state index in [2.05, 4.69) is 191 Å². The molecule has 0 aliphatic rings. The van der Waals surface area contributed by atoms with Crippen molar-refractivity contribution < 1.29 is 4.42 Å². The summed E-state index contributed by atoms with van der Waals surface area (Å²) < 4.78 is 6.94. The van der Waals surface area contributed by atoms with Crippen LogP contribution >= 0.6 is 0 Å². The van der Waals surface area contributed by atoms with Gasteiger partial charge in [-0.15, -0.1) is 0 Å². The molecule has 0 amide bonds. The van der Waals surface area contributed by atoms with E-state index in [4.69, 9.17) is 4.42 Å². The number of benzene rings is 8. The molecule has 0 spiro atoms. The molecule has 0 radical (unpaired) electrons. The van der Waals surface area contributed by atoms with Crippen molar-refractivity contribution in [3.8, 4) is 44.5 Å². The molecular weight excluding hydrogens is 641 g/mol. The van der Waals surface area contributed by atoms with Gasteiger partial charge in [0.1, 0.15) is 11.2 Å². The van der Waals surface area contributed by atoms with Crippen LogP contribution < -0.4 is 0 Å². The van der Waals surface area contributed by atoms with Crippen molar-refractivity contribution >= 4 is 54.6 Å². The molecule has 0 fully saturated rings. The van der Waals surface area contributed by atoms with Gasteiger partial charge in [0, 0.05) is 10.8 Å². The van der Waals surface area contributed by atoms with Gasteiger partial charge in [-0.3, -0.25) is 0 Å². The Labute approximate surface area is 310 Å². The molecule has 0 atom stereocenters. The Hall–Kier alpha value is -6.70. The third-order valence-corrected chi connectivity index (χ3v) is 10.7. The molecular formula is C52H38O. The first-order valence-corrected chi connectivity index (χ1v) is 18.2. The number of hydrogen-bond acceptors (Lipinski definition) is 1. The quantitative estimate of drug-likeness (QED) is 0.153. The lowest BCUT2D eigenvalue weighted by Gasteiger charge is -2.14. The van der Waals surface area contributed by atoms with Gasteiger partial charge in [-0.1, -0.05) is 135 Å². The number of fused-ring (bicyclic) bond motifs is 1. The summed E-state index contributed by atoms with van der Waals surface area (Å²) in [5.41, 5.74) is 15.5. The molecule has 0 saturated heterocycles. The van der Waals surface area contributed by atoms with Gasteiger partial charge < -0.3 is 4.42 Å². The Bertz CT molecular complexity index is 2740. The first-order chi connectivity index (χ1) is 26.0. The van der Waals surface area contributed by atoms with Gasteiger partial charge >= 0.3 is 0 Å². The summed E-state index contributed by atoms with van der Waals surface area (Å²) in [4.78, 5) is 0. The highest BCUT2D eigenvalue weighted by molar-refractivity contribution is 6.26. The molecule has 0 N–H and O–H groups in total. The van der Waals surface area contributed by atoms with Crippen molar-refractivity contribution in [1.82, 2.24) is 0 Å². The van der Waals surface area contributed by atoms with Crippen molar-refractivity contribution in [2.75, 3.05) is 0 Å². The number of rotatable bonds is 7. The number of hydrogen-bond donors (Lipinski definition) is 0. The predicted octanol–water partition coefficient (Wildman–Crippen LogP) is 15.2. The molecule has 0 unspecified atom stereocenters. The summed E-state index contributed by atoms with van der Waals surface area (Å²) in [6, 6.07) is 56.9. The van der Waals surface area contributed by atoms with Gasteiger partial charge in [0.2, 0.25) is 0 Å². The van der Waals surface area contributed by atoms with Crippen molar-refractivity contribution in [1.29, 1.82) is 0 Å². The largest absolute Gasteiger partial charge is 0.456 e. The molecule has 0 saturated carbocycles. The summed E-state index contributed by atoms with van der Waals surface area (Å²) >= 11 is 0. The zero-order valence-electron chi connectivity index (χ0n) is 30.0. The molecule has 8 aromatic carbocycles. The van der Waals surface area contributed by atoms with E-state index in [9.17, 15) is 0 Å². The van der Waals surface area contributed by atoms with Crippen LogP contribution in [0.4, 0.5) is 0 Å². The van der Waals surface area contributed by atoms with Crippen LogP contribution in [-0.4, -0.2) is 0 Å². The average molecular weight is 679 g/mol. The van der Waals surface area contributed by atoms with Gasteiger partial charge in [-0.05, 0) is 151 Å². The molecule has 1 nitrogen and oxygen atoms in total. The van der Waals surface area contributed by atoms with Gasteiger partial charge in [0.25, 0.3) is 0 Å². The second-order valence-corrected chi connectivity index (χ2v) is 13.8. The second-order valence-electron chi connectivity index (χ2n) is 13.8. The van der Waals surface area contributed by atoms with E-state index in [0.717, 1.165) is 60.7 Å². The third-order valence-electron chi connectivity index (χ3n) is 10.7. The molecule has 1 heterocycles. The van der Waals surface area contributed by atoms with E-state index in [1.807, 2.05) is 6.08 Å². The minimum Gasteiger partial charge on any atom is -0.456 e. The molecule has 9 aromatic rings. The van der Waals surface area contributed by atoms with Gasteiger partial charge in [0.15, 0.2) is 0 Å². The molecule has 0 bridgehead atoms. The first-order valence-electron chi connectivity index (χ1n) is 18.2. The standard InChI is InChI=1S/C52H38O/c1-5-33(3)37-27-39(35-15-9-7-10-16-35)31-41(29-37)43-23-25-49-51-45(43)19-13-21-47(51)48-22-14-20-46-44(24-26-50(53-49)52(46)48)42-30-38(34(4)6-2)28-40(32-42)36-17-11-8-12-18-36/h5-32H,1,3H2,2,4H3/b34-6+. The van der Waals surface area contributed by atoms with Crippen LogP contribution in [0.1, 0.15) is 25.0 Å². The van der Waals surface area contributed by atoms with Crippen LogP contribution in [-0.2, 0) is 0 Å². The van der Waals surface area contributed by atoms with Crippen molar-refractivity contribution in [3.63, 3.8) is 0 Å². The van der Waals surface area contributed by atoms with Crippen LogP contribution in [0.2, 0.25) is 0 Å². The third kappa shape index (κ3) is 5.59. The van der Waals surface area contributed by atoms with Crippen molar-refractivity contribution in [2.24, 2.45) is 0 Å². The minimum atomic E-state index is 0.858. The summed E-state index contributed by atoms with van der Waals surface area (Å²) in [6.45, 7) is 12.6. The second kappa shape index (κ2) is 13.1. The maximum atomic E-state index is 6.94. The fraction of sp³-hybridized carbons (Fsp3) is 0.0385. The first kappa shape index (κ1) is 32.2. The van der Waals surface area contributed by atoms with E-state index in [1.54, 1.807) is 0 Å². The molecule has 1 heteroatoms. The predicted molar refractivity (Wildman–Crippen MR) is 229 cm³/mol. The van der Waals surface area contributed by atoms with E-state index < -0.39 is 0 Å². The lowest BCUT2D eigenvalue weighted by molar-refractivity contribution is 0.664. The van der Waals surface area contributed by atoms with Crippen LogP contribution in [0.15, 0.2) is 187 Å². The summed E-state index contributed by atoms with van der Waals surface area (Å²) in [5, 5.41) is 6.89. The van der Waals surface area contributed by atoms with Crippen LogP contribution in [0.25, 0.3) is 99.1 Å². The smallest absolute Gasteiger partial charge is 0.135 e. The monoisotopic (exact) mass is 678 g/mol. The molecule has 0 aliphatic heterocycles. The van der Waals surface area contributed by atoms with Crippen LogP contribution in [0, 0.1) is 0 Å². The zero-order valence-corrected chi connectivity index (χ0v) is 30.0. The van der Waals surface area contributed by atoms with Gasteiger partial charge in [-0.25, -0.2) is 0 Å². The maximum absolute atomic E-state index is 6.94. The van der Waals surface area contributed by atoms with Crippen molar-refractivity contribution in [2.45, 2.75) is 13.8 Å². The van der Waals surface area contributed by atoms with E-state index >= 15 is 0 Å². The maximum Gasteiger partial charge on any atom is 0.135 e. The summed E-state index contributed by atoms with van der Waals surface area (Å²) in [5.74, 6) is 0. The zero-order chi connectivity index (χ0) is 36.1. The van der Waals surface area contributed by atoms with E-state index in [0.29, 0.717) is 0 Å². The molecule has 252 valence electrons. The Morgan fingerprint density at radius 2 is 0.925 bits per heavy atom. The fourth-order valence-corrected chi connectivity index (χ4v) is 7.85. The van der Waals surface area contributed by atoms with Gasteiger partial charge in [-0.2, -0.15) is 0 Å². The van der Waals surface area contributed by atoms with E-state index in [-0.39, 0.29) is 0 Å². The Balaban J connectivity index is 1.30. The Morgan fingerprint density at radius 3 is 1.42 bits per heavy atom. The molecule has 9 rings (SSSR count). The Morgan fingerprint density at radius 1 is 0.472 bits per heavy atom. The lowest BCUT2D eigenvalue weighted by atomic mass is 9.89. The van der Waals surface area contributed by atoms with E-state index in [1.165, 1.54) is 49.5 Å². The normalized spacial score (nSPS) is 11.8. The topological polar surface area (TPSA) is 13.1 Å². The molecule has 0 aliphatic carbocycles. The van der Waals surface area contributed by atoms with Gasteiger partial charge in [0.05, 0.1) is 0 Å². The summed E-state index contributed by atoms with van der Waals surface area (Å²) in [7, 11) is 0. The van der Waals surface area contributed by atoms with Crippen molar-refractivity contribution in [3.05, 3.63) is 194 Å². The lowest BCUT2D eigenvalue weighted by Crippen LogP contribution is -1.89. The summed E-state index contributed by atoms with van der Waals surface area (Å²) in [6.07, 6.45) is 4.01. The Kier molecular flexibility index (Phi) is 7.98. The van der Waals surface area contributed by atoms with Crippen LogP contribution in [0.5, 0.6) is 0 Å². The highest BCUT2D eigenvalue weighted by Gasteiger charge is 2.18. The SMILES string of the molecule is C=CC(=C)c1cc(-c2ccccc2)cc(-c2ccc3oc4ccc(-c5cc(/C(C)=C/C)cc(-c6ccccc6)c5)c5cccc(c6cccc2c36)c45)c1. The highest BCUT2D eigenvalue weighted by Crippen LogP contribution is 2.43. The van der Waals surface area contributed by atoms with Crippen LogP contribution in [0.3, 0.4) is 0 Å². The highest BCUT2D eigenvalue weighted by atomic mass is 16.3. The number of allylic oxidation sites excluding steroid dienone is 4. The molecule has 53 heavy (non-hydrogen) atoms.